The standard InChI is InChI=1S/C12H13N3O.C12H12N2O2.CH5N/c1-13-12(16)10-5-3-9(4-6-10)11-7-15(2)8-14-11;1-14-7-11(13-8-14)9-3-5-10(6-4-9)12(15)16-2;1-2/h3-8H,1-2H3,(H,13,16);3-8H,1-2H3;2H2,1H3. The second-order valence-electron chi connectivity index (χ2n) is 7.07. The number of nitrogens with zero attached hydrogens (tertiary/aromatic N) is 4. The molecule has 0 spiro atoms. The molecule has 1 amide bonds. The van der Waals surface area contributed by atoms with Gasteiger partial charge in [-0.1, -0.05) is 24.3 Å². The SMILES string of the molecule is CN.CNC(=O)c1ccc(-c2cn(C)cn2)cc1.COC(=O)c1ccc(-c2cn(C)cn2)cc1. The highest BCUT2D eigenvalue weighted by Crippen LogP contribution is 2.18. The summed E-state index contributed by atoms with van der Waals surface area (Å²) in [6.07, 6.45) is 7.35. The predicted molar refractivity (Wildman–Crippen MR) is 132 cm³/mol. The number of hydrogen-bond acceptors (Lipinski definition) is 6. The van der Waals surface area contributed by atoms with E-state index in [0.717, 1.165) is 22.5 Å². The third kappa shape index (κ3) is 6.88. The predicted octanol–water partition coefficient (Wildman–Crippen LogP) is 2.90. The minimum Gasteiger partial charge on any atom is -0.465 e. The molecule has 0 radical (unpaired) electrons. The highest BCUT2D eigenvalue weighted by molar-refractivity contribution is 5.94. The van der Waals surface area contributed by atoms with Crippen LogP contribution in [0.1, 0.15) is 20.7 Å². The Hall–Kier alpha value is -4.24. The van der Waals surface area contributed by atoms with E-state index < -0.39 is 0 Å². The Morgan fingerprint density at radius 3 is 1.53 bits per heavy atom. The monoisotopic (exact) mass is 462 g/mol. The Labute approximate surface area is 199 Å². The number of methoxy groups -OCH3 is 1. The first-order chi connectivity index (χ1) is 16.4. The van der Waals surface area contributed by atoms with Crippen molar-refractivity contribution in [2.24, 2.45) is 19.8 Å². The van der Waals surface area contributed by atoms with Gasteiger partial charge in [0, 0.05) is 50.2 Å². The quantitative estimate of drug-likeness (QED) is 0.451. The molecular weight excluding hydrogens is 432 g/mol. The van der Waals surface area contributed by atoms with Crippen LogP contribution in [0.4, 0.5) is 0 Å². The number of rotatable bonds is 4. The molecule has 178 valence electrons. The van der Waals surface area contributed by atoms with Crippen molar-refractivity contribution in [3.8, 4) is 22.5 Å². The summed E-state index contributed by atoms with van der Waals surface area (Å²) in [6.45, 7) is 0. The van der Waals surface area contributed by atoms with Crippen LogP contribution in [0.15, 0.2) is 73.6 Å². The van der Waals surface area contributed by atoms with Gasteiger partial charge in [-0.2, -0.15) is 0 Å². The van der Waals surface area contributed by atoms with Crippen molar-refractivity contribution in [3.05, 3.63) is 84.7 Å². The summed E-state index contributed by atoms with van der Waals surface area (Å²) in [5, 5.41) is 2.59. The number of carbonyl (C=O) groups excluding carboxylic acids is 2. The molecular formula is C25H30N6O3. The van der Waals surface area contributed by atoms with E-state index in [4.69, 9.17) is 0 Å². The van der Waals surface area contributed by atoms with Crippen LogP contribution >= 0.6 is 0 Å². The lowest BCUT2D eigenvalue weighted by molar-refractivity contribution is 0.0600. The molecule has 0 aliphatic rings. The van der Waals surface area contributed by atoms with Gasteiger partial charge < -0.3 is 24.9 Å². The van der Waals surface area contributed by atoms with Crippen molar-refractivity contribution < 1.29 is 14.3 Å². The number of hydrogen-bond donors (Lipinski definition) is 2. The smallest absolute Gasteiger partial charge is 0.337 e. The maximum absolute atomic E-state index is 11.3. The van der Waals surface area contributed by atoms with E-state index in [1.807, 2.05) is 59.9 Å². The maximum Gasteiger partial charge on any atom is 0.337 e. The third-order valence-corrected chi connectivity index (χ3v) is 4.68. The molecule has 9 heteroatoms. The van der Waals surface area contributed by atoms with Gasteiger partial charge in [0.15, 0.2) is 0 Å². The molecule has 0 atom stereocenters. The van der Waals surface area contributed by atoms with Gasteiger partial charge in [-0.3, -0.25) is 4.79 Å². The number of esters is 1. The largest absolute Gasteiger partial charge is 0.465 e. The Morgan fingerprint density at radius 2 is 1.21 bits per heavy atom. The molecule has 9 nitrogen and oxygen atoms in total. The van der Waals surface area contributed by atoms with Crippen molar-refractivity contribution >= 4 is 11.9 Å². The summed E-state index contributed by atoms with van der Waals surface area (Å²) >= 11 is 0. The van der Waals surface area contributed by atoms with Gasteiger partial charge in [0.2, 0.25) is 0 Å². The van der Waals surface area contributed by atoms with Crippen molar-refractivity contribution in [2.75, 3.05) is 21.2 Å². The molecule has 4 rings (SSSR count). The summed E-state index contributed by atoms with van der Waals surface area (Å²) in [5.41, 5.74) is 9.48. The van der Waals surface area contributed by atoms with E-state index in [9.17, 15) is 9.59 Å². The molecule has 3 N–H and O–H groups in total. The van der Waals surface area contributed by atoms with Crippen molar-refractivity contribution in [2.45, 2.75) is 0 Å². The number of benzene rings is 2. The van der Waals surface area contributed by atoms with E-state index in [1.165, 1.54) is 14.2 Å². The van der Waals surface area contributed by atoms with Gasteiger partial charge in [0.05, 0.1) is 36.7 Å². The average molecular weight is 463 g/mol. The molecule has 2 aromatic heterocycles. The number of nitrogens with two attached hydrogens (primary N) is 1. The van der Waals surface area contributed by atoms with Crippen LogP contribution < -0.4 is 11.1 Å². The van der Waals surface area contributed by atoms with Crippen molar-refractivity contribution in [1.82, 2.24) is 24.4 Å². The first kappa shape index (κ1) is 26.0. The Bertz CT molecular complexity index is 1100. The third-order valence-electron chi connectivity index (χ3n) is 4.68. The number of ether oxygens (including phenoxy) is 1. The van der Waals surface area contributed by atoms with Crippen LogP contribution in [0.3, 0.4) is 0 Å². The van der Waals surface area contributed by atoms with Crippen molar-refractivity contribution in [1.29, 1.82) is 0 Å². The lowest BCUT2D eigenvalue weighted by Gasteiger charge is -2.00. The first-order valence-corrected chi connectivity index (χ1v) is 10.5. The fourth-order valence-corrected chi connectivity index (χ4v) is 2.96. The molecule has 2 heterocycles. The van der Waals surface area contributed by atoms with Crippen LogP contribution in [0.2, 0.25) is 0 Å². The van der Waals surface area contributed by atoms with E-state index >= 15 is 0 Å². The number of imidazole rings is 2. The molecule has 0 aliphatic carbocycles. The molecule has 0 aliphatic heterocycles. The maximum atomic E-state index is 11.3. The van der Waals surface area contributed by atoms with Crippen LogP contribution in [-0.4, -0.2) is 52.2 Å². The zero-order valence-corrected chi connectivity index (χ0v) is 20.0. The molecule has 0 bridgehead atoms. The van der Waals surface area contributed by atoms with E-state index in [2.05, 4.69) is 25.8 Å². The number of aryl methyl sites for hydroxylation is 2. The fraction of sp³-hybridized carbons (Fsp3) is 0.200. The topological polar surface area (TPSA) is 117 Å². The summed E-state index contributed by atoms with van der Waals surface area (Å²) in [5.74, 6) is -0.403. The van der Waals surface area contributed by atoms with Crippen LogP contribution in [-0.2, 0) is 18.8 Å². The number of carbonyl (C=O) groups is 2. The number of aromatic nitrogens is 4. The molecule has 0 unspecified atom stereocenters. The zero-order valence-electron chi connectivity index (χ0n) is 20.0. The second-order valence-corrected chi connectivity index (χ2v) is 7.07. The lowest BCUT2D eigenvalue weighted by atomic mass is 10.1. The highest BCUT2D eigenvalue weighted by atomic mass is 16.5. The van der Waals surface area contributed by atoms with Gasteiger partial charge in [-0.25, -0.2) is 14.8 Å². The van der Waals surface area contributed by atoms with Gasteiger partial charge in [-0.05, 0) is 31.3 Å². The first-order valence-electron chi connectivity index (χ1n) is 10.5. The summed E-state index contributed by atoms with van der Waals surface area (Å²) in [7, 11) is 8.33. The van der Waals surface area contributed by atoms with Gasteiger partial charge >= 0.3 is 5.97 Å². The van der Waals surface area contributed by atoms with Crippen LogP contribution in [0.5, 0.6) is 0 Å². The minimum atomic E-state index is -0.326. The zero-order chi connectivity index (χ0) is 25.1. The van der Waals surface area contributed by atoms with Gasteiger partial charge in [0.1, 0.15) is 0 Å². The Morgan fingerprint density at radius 1 is 0.794 bits per heavy atom. The molecule has 0 saturated heterocycles. The summed E-state index contributed by atoms with van der Waals surface area (Å²) in [4.78, 5) is 31.0. The second kappa shape index (κ2) is 12.7. The molecule has 0 fully saturated rings. The van der Waals surface area contributed by atoms with Crippen LogP contribution in [0, 0.1) is 0 Å². The van der Waals surface area contributed by atoms with E-state index in [0.29, 0.717) is 11.1 Å². The van der Waals surface area contributed by atoms with Gasteiger partial charge in [0.25, 0.3) is 5.91 Å². The molecule has 2 aromatic carbocycles. The minimum absolute atomic E-state index is 0.0763. The Balaban J connectivity index is 0.000000224. The highest BCUT2D eigenvalue weighted by Gasteiger charge is 2.06. The number of nitrogens with one attached hydrogen (secondary N) is 1. The molecule has 4 aromatic rings. The van der Waals surface area contributed by atoms with Crippen molar-refractivity contribution in [3.63, 3.8) is 0 Å². The summed E-state index contributed by atoms with van der Waals surface area (Å²) < 4.78 is 8.40. The Kier molecular flexibility index (Phi) is 9.72. The molecule has 34 heavy (non-hydrogen) atoms. The van der Waals surface area contributed by atoms with Crippen LogP contribution in [0.25, 0.3) is 22.5 Å². The van der Waals surface area contributed by atoms with E-state index in [1.54, 1.807) is 44.0 Å². The summed E-state index contributed by atoms with van der Waals surface area (Å²) in [6, 6.07) is 14.6. The molecule has 0 saturated carbocycles. The van der Waals surface area contributed by atoms with E-state index in [-0.39, 0.29) is 11.9 Å². The average Bonchev–Trinajstić information content (AvgIpc) is 3.53. The number of amides is 1. The normalized spacial score (nSPS) is 9.71. The van der Waals surface area contributed by atoms with Gasteiger partial charge in [-0.15, -0.1) is 0 Å². The lowest BCUT2D eigenvalue weighted by Crippen LogP contribution is -2.17. The fourth-order valence-electron chi connectivity index (χ4n) is 2.96.